The molecule has 0 aliphatic heterocycles. The lowest BCUT2D eigenvalue weighted by Gasteiger charge is -2.12. The zero-order valence-electron chi connectivity index (χ0n) is 17.7. The Hall–Kier alpha value is -4.32. The van der Waals surface area contributed by atoms with Gasteiger partial charge in [-0.2, -0.15) is 0 Å². The second-order valence-electron chi connectivity index (χ2n) is 7.08. The number of aromatic hydroxyl groups is 1. The van der Waals surface area contributed by atoms with Crippen molar-refractivity contribution in [3.05, 3.63) is 90.6 Å². The molecule has 1 aromatic heterocycles. The van der Waals surface area contributed by atoms with Crippen LogP contribution in [-0.2, 0) is 0 Å². The van der Waals surface area contributed by atoms with Gasteiger partial charge in [-0.15, -0.1) is 0 Å². The second kappa shape index (κ2) is 9.22. The van der Waals surface area contributed by atoms with Crippen molar-refractivity contribution in [3.63, 3.8) is 0 Å². The van der Waals surface area contributed by atoms with Gasteiger partial charge in [0.1, 0.15) is 17.2 Å². The van der Waals surface area contributed by atoms with Crippen LogP contribution in [-0.4, -0.2) is 30.2 Å². The molecule has 4 rings (SSSR count). The number of nitrogens with one attached hydrogen (secondary N) is 1. The fourth-order valence-corrected chi connectivity index (χ4v) is 3.34. The maximum absolute atomic E-state index is 12.9. The number of pyridine rings is 1. The summed E-state index contributed by atoms with van der Waals surface area (Å²) in [7, 11) is 3.21. The van der Waals surface area contributed by atoms with Gasteiger partial charge < -0.3 is 19.9 Å². The van der Waals surface area contributed by atoms with Crippen LogP contribution in [0.5, 0.6) is 17.2 Å². The third-order valence-electron chi connectivity index (χ3n) is 5.03. The lowest BCUT2D eigenvalue weighted by Crippen LogP contribution is -2.12. The molecule has 0 atom stereocenters. The molecular formula is C26H22N2O4. The summed E-state index contributed by atoms with van der Waals surface area (Å²) in [6.45, 7) is 0. The van der Waals surface area contributed by atoms with Gasteiger partial charge in [-0.3, -0.25) is 9.78 Å². The number of carbonyl (C=O) groups is 1. The zero-order chi connectivity index (χ0) is 22.5. The van der Waals surface area contributed by atoms with Gasteiger partial charge in [-0.05, 0) is 72.3 Å². The molecule has 1 heterocycles. The summed E-state index contributed by atoms with van der Waals surface area (Å²) in [5.74, 6) is 1.33. The molecular weight excluding hydrogens is 404 g/mol. The predicted octanol–water partition coefficient (Wildman–Crippen LogP) is 5.39. The Bertz CT molecular complexity index is 1240. The van der Waals surface area contributed by atoms with Crippen molar-refractivity contribution >= 4 is 11.6 Å². The van der Waals surface area contributed by atoms with Crippen LogP contribution in [0, 0.1) is 0 Å². The normalized spacial score (nSPS) is 10.4. The number of amides is 1. The van der Waals surface area contributed by atoms with Crippen LogP contribution < -0.4 is 14.8 Å². The van der Waals surface area contributed by atoms with E-state index in [1.54, 1.807) is 68.9 Å². The van der Waals surface area contributed by atoms with E-state index in [-0.39, 0.29) is 11.7 Å². The van der Waals surface area contributed by atoms with Crippen molar-refractivity contribution in [1.29, 1.82) is 0 Å². The number of methoxy groups -OCH3 is 2. The smallest absolute Gasteiger partial charge is 0.255 e. The van der Waals surface area contributed by atoms with Gasteiger partial charge in [0.15, 0.2) is 0 Å². The van der Waals surface area contributed by atoms with Crippen molar-refractivity contribution in [2.24, 2.45) is 0 Å². The Morgan fingerprint density at radius 3 is 2.38 bits per heavy atom. The molecule has 6 nitrogen and oxygen atoms in total. The summed E-state index contributed by atoms with van der Waals surface area (Å²) in [5, 5.41) is 12.3. The molecule has 0 spiro atoms. The van der Waals surface area contributed by atoms with E-state index in [0.29, 0.717) is 17.0 Å². The first-order chi connectivity index (χ1) is 15.6. The first-order valence-electron chi connectivity index (χ1n) is 9.96. The molecule has 1 amide bonds. The quantitative estimate of drug-likeness (QED) is 0.432. The number of hydrogen-bond donors (Lipinski definition) is 2. The number of rotatable bonds is 6. The minimum Gasteiger partial charge on any atom is -0.508 e. The summed E-state index contributed by atoms with van der Waals surface area (Å²) in [6.07, 6.45) is 1.60. The highest BCUT2D eigenvalue weighted by atomic mass is 16.5. The van der Waals surface area contributed by atoms with Crippen LogP contribution in [0.1, 0.15) is 10.4 Å². The van der Waals surface area contributed by atoms with Crippen LogP contribution in [0.25, 0.3) is 22.4 Å². The Balaban J connectivity index is 1.56. The molecule has 3 aromatic carbocycles. The van der Waals surface area contributed by atoms with Gasteiger partial charge in [-0.1, -0.05) is 12.1 Å². The number of carbonyl (C=O) groups excluding carboxylic acids is 1. The Morgan fingerprint density at radius 2 is 1.69 bits per heavy atom. The van der Waals surface area contributed by atoms with E-state index in [1.807, 2.05) is 30.3 Å². The van der Waals surface area contributed by atoms with Gasteiger partial charge in [0.25, 0.3) is 5.91 Å². The van der Waals surface area contributed by atoms with Gasteiger partial charge in [-0.25, -0.2) is 0 Å². The lowest BCUT2D eigenvalue weighted by molar-refractivity contribution is 0.102. The van der Waals surface area contributed by atoms with Crippen LogP contribution in [0.2, 0.25) is 0 Å². The zero-order valence-corrected chi connectivity index (χ0v) is 17.7. The lowest BCUT2D eigenvalue weighted by atomic mass is 10.0. The Morgan fingerprint density at radius 1 is 0.875 bits per heavy atom. The predicted molar refractivity (Wildman–Crippen MR) is 124 cm³/mol. The first-order valence-corrected chi connectivity index (χ1v) is 9.96. The fraction of sp³-hybridized carbons (Fsp3) is 0.0769. The molecule has 6 heteroatoms. The molecule has 0 radical (unpaired) electrons. The summed E-state index contributed by atoms with van der Waals surface area (Å²) >= 11 is 0. The van der Waals surface area contributed by atoms with E-state index >= 15 is 0 Å². The maximum atomic E-state index is 12.9. The van der Waals surface area contributed by atoms with E-state index in [1.165, 1.54) is 0 Å². The monoisotopic (exact) mass is 426 g/mol. The summed E-state index contributed by atoms with van der Waals surface area (Å²) in [6, 6.07) is 23.3. The van der Waals surface area contributed by atoms with E-state index in [0.717, 1.165) is 28.1 Å². The van der Waals surface area contributed by atoms with Gasteiger partial charge in [0.05, 0.1) is 31.8 Å². The molecule has 0 bridgehead atoms. The summed E-state index contributed by atoms with van der Waals surface area (Å²) in [4.78, 5) is 17.3. The van der Waals surface area contributed by atoms with Crippen molar-refractivity contribution in [2.75, 3.05) is 19.5 Å². The molecule has 160 valence electrons. The Kier molecular flexibility index (Phi) is 6.03. The van der Waals surface area contributed by atoms with Gasteiger partial charge in [0, 0.05) is 16.7 Å². The first kappa shape index (κ1) is 20.9. The van der Waals surface area contributed by atoms with Crippen molar-refractivity contribution < 1.29 is 19.4 Å². The standard InChI is InChI=1S/C26H22N2O4/c1-31-22-5-3-4-18(14-22)23-15-19(8-13-25(23)32-2)26(30)28-20-9-12-24(27-16-20)17-6-10-21(29)11-7-17/h3-16,29H,1-2H3,(H,28,30). The highest BCUT2D eigenvalue weighted by Gasteiger charge is 2.13. The summed E-state index contributed by atoms with van der Waals surface area (Å²) < 4.78 is 10.8. The average molecular weight is 426 g/mol. The van der Waals surface area contributed by atoms with E-state index in [4.69, 9.17) is 9.47 Å². The number of benzene rings is 3. The molecule has 0 saturated carbocycles. The van der Waals surface area contributed by atoms with Gasteiger partial charge in [0.2, 0.25) is 0 Å². The van der Waals surface area contributed by atoms with Crippen molar-refractivity contribution in [1.82, 2.24) is 4.98 Å². The molecule has 0 unspecified atom stereocenters. The van der Waals surface area contributed by atoms with Crippen molar-refractivity contribution in [3.8, 4) is 39.6 Å². The number of anilines is 1. The van der Waals surface area contributed by atoms with Crippen LogP contribution >= 0.6 is 0 Å². The number of hydrogen-bond acceptors (Lipinski definition) is 5. The number of phenols is 1. The van der Waals surface area contributed by atoms with E-state index in [9.17, 15) is 9.90 Å². The van der Waals surface area contributed by atoms with Crippen LogP contribution in [0.4, 0.5) is 5.69 Å². The highest BCUT2D eigenvalue weighted by molar-refractivity contribution is 6.05. The maximum Gasteiger partial charge on any atom is 0.255 e. The molecule has 4 aromatic rings. The number of phenolic OH excluding ortho intramolecular Hbond substituents is 1. The summed E-state index contributed by atoms with van der Waals surface area (Å²) in [5.41, 5.74) is 4.37. The average Bonchev–Trinajstić information content (AvgIpc) is 2.84. The number of aromatic nitrogens is 1. The largest absolute Gasteiger partial charge is 0.508 e. The molecule has 0 aliphatic carbocycles. The SMILES string of the molecule is COc1cccc(-c2cc(C(=O)Nc3ccc(-c4ccc(O)cc4)nc3)ccc2OC)c1. The molecule has 0 saturated heterocycles. The molecule has 0 aliphatic rings. The topological polar surface area (TPSA) is 80.7 Å². The van der Waals surface area contributed by atoms with Crippen LogP contribution in [0.3, 0.4) is 0 Å². The highest BCUT2D eigenvalue weighted by Crippen LogP contribution is 2.33. The number of ether oxygens (including phenoxy) is 2. The van der Waals surface area contributed by atoms with E-state index in [2.05, 4.69) is 10.3 Å². The second-order valence-corrected chi connectivity index (χ2v) is 7.08. The molecule has 2 N–H and O–H groups in total. The van der Waals surface area contributed by atoms with Crippen molar-refractivity contribution in [2.45, 2.75) is 0 Å². The fourth-order valence-electron chi connectivity index (χ4n) is 3.34. The third kappa shape index (κ3) is 4.54. The third-order valence-corrected chi connectivity index (χ3v) is 5.03. The van der Waals surface area contributed by atoms with Crippen LogP contribution in [0.15, 0.2) is 85.1 Å². The van der Waals surface area contributed by atoms with E-state index < -0.39 is 0 Å². The molecule has 0 fully saturated rings. The minimum atomic E-state index is -0.254. The Labute approximate surface area is 186 Å². The number of nitrogens with zero attached hydrogens (tertiary/aromatic N) is 1. The molecule has 32 heavy (non-hydrogen) atoms. The van der Waals surface area contributed by atoms with Gasteiger partial charge >= 0.3 is 0 Å². The minimum absolute atomic E-state index is 0.199.